The van der Waals surface area contributed by atoms with E-state index < -0.39 is 0 Å². The summed E-state index contributed by atoms with van der Waals surface area (Å²) in [6.45, 7) is 5.88. The van der Waals surface area contributed by atoms with E-state index in [0.717, 1.165) is 41.1 Å². The van der Waals surface area contributed by atoms with Crippen LogP contribution in [0.2, 0.25) is 0 Å². The smallest absolute Gasteiger partial charge is 0.0972 e. The second-order valence-corrected chi connectivity index (χ2v) is 6.85. The van der Waals surface area contributed by atoms with Crippen molar-refractivity contribution in [1.82, 2.24) is 29.9 Å². The Bertz CT molecular complexity index is 1020. The molecule has 0 N–H and O–H groups in total. The summed E-state index contributed by atoms with van der Waals surface area (Å²) >= 11 is 0. The van der Waals surface area contributed by atoms with Gasteiger partial charge < -0.3 is 0 Å². The molecule has 0 spiro atoms. The van der Waals surface area contributed by atoms with E-state index in [9.17, 15) is 0 Å². The summed E-state index contributed by atoms with van der Waals surface area (Å²) in [6.07, 6.45) is 5.63. The van der Waals surface area contributed by atoms with E-state index in [1.54, 1.807) is 6.20 Å². The minimum Gasteiger partial charge on any atom is -0.289 e. The average Bonchev–Trinajstić information content (AvgIpc) is 3.16. The van der Waals surface area contributed by atoms with Gasteiger partial charge in [-0.2, -0.15) is 0 Å². The summed E-state index contributed by atoms with van der Waals surface area (Å²) in [6, 6.07) is 16.5. The highest BCUT2D eigenvalue weighted by Crippen LogP contribution is 2.17. The maximum Gasteiger partial charge on any atom is 0.0972 e. The molecule has 4 rings (SSSR count). The summed E-state index contributed by atoms with van der Waals surface area (Å²) in [5.74, 6) is 0. The molecule has 0 unspecified atom stereocenters. The molecule has 0 radical (unpaired) electrons. The molecule has 0 fully saturated rings. The van der Waals surface area contributed by atoms with Crippen LogP contribution in [0.1, 0.15) is 25.2 Å². The lowest BCUT2D eigenvalue weighted by Gasteiger charge is -2.24. The van der Waals surface area contributed by atoms with Crippen molar-refractivity contribution in [2.75, 3.05) is 0 Å². The molecule has 0 aliphatic rings. The summed E-state index contributed by atoms with van der Waals surface area (Å²) in [7, 11) is 0. The maximum atomic E-state index is 4.44. The minimum atomic E-state index is 0.379. The van der Waals surface area contributed by atoms with Crippen LogP contribution in [0.5, 0.6) is 0 Å². The number of hydrogen-bond donors (Lipinski definition) is 0. The van der Waals surface area contributed by atoms with Crippen LogP contribution in [0, 0.1) is 0 Å². The van der Waals surface area contributed by atoms with Gasteiger partial charge in [0.15, 0.2) is 0 Å². The third kappa shape index (κ3) is 4.01. The number of benzene rings is 1. The number of hydrogen-bond acceptors (Lipinski definition) is 5. The zero-order chi connectivity index (χ0) is 18.6. The predicted molar refractivity (Wildman–Crippen MR) is 105 cm³/mol. The van der Waals surface area contributed by atoms with Crippen molar-refractivity contribution < 1.29 is 0 Å². The standard InChI is InChI=1S/C21H22N6/c1-16(2)26(13-18-7-3-4-10-22-18)14-19-15-27(25-24-19)20-8-9-21-17(12-20)6-5-11-23-21/h3-12,15-16H,13-14H2,1-2H3. The first-order valence-electron chi connectivity index (χ1n) is 9.09. The average molecular weight is 358 g/mol. The van der Waals surface area contributed by atoms with Crippen molar-refractivity contribution in [2.24, 2.45) is 0 Å². The molecule has 136 valence electrons. The van der Waals surface area contributed by atoms with Gasteiger partial charge in [0.25, 0.3) is 0 Å². The highest BCUT2D eigenvalue weighted by atomic mass is 15.4. The second-order valence-electron chi connectivity index (χ2n) is 6.85. The normalized spacial score (nSPS) is 11.6. The number of nitrogens with zero attached hydrogens (tertiary/aromatic N) is 6. The maximum absolute atomic E-state index is 4.44. The Morgan fingerprint density at radius 1 is 0.926 bits per heavy atom. The SMILES string of the molecule is CC(C)N(Cc1ccccn1)Cc1cn(-c2ccc3ncccc3c2)nn1. The minimum absolute atomic E-state index is 0.379. The molecular formula is C21H22N6. The summed E-state index contributed by atoms with van der Waals surface area (Å²) in [5, 5.41) is 9.78. The number of fused-ring (bicyclic) bond motifs is 1. The van der Waals surface area contributed by atoms with E-state index in [1.807, 2.05) is 47.4 Å². The van der Waals surface area contributed by atoms with Gasteiger partial charge in [-0.25, -0.2) is 4.68 Å². The van der Waals surface area contributed by atoms with Crippen LogP contribution < -0.4 is 0 Å². The van der Waals surface area contributed by atoms with Gasteiger partial charge in [0, 0.05) is 36.9 Å². The quantitative estimate of drug-likeness (QED) is 0.527. The van der Waals surface area contributed by atoms with E-state index >= 15 is 0 Å². The fourth-order valence-electron chi connectivity index (χ4n) is 3.03. The van der Waals surface area contributed by atoms with Crippen LogP contribution in [0.15, 0.2) is 67.1 Å². The van der Waals surface area contributed by atoms with Gasteiger partial charge in [-0.3, -0.25) is 14.9 Å². The van der Waals surface area contributed by atoms with Crippen molar-refractivity contribution in [3.05, 3.63) is 78.5 Å². The summed E-state index contributed by atoms with van der Waals surface area (Å²) in [5.41, 5.74) is 3.95. The molecule has 27 heavy (non-hydrogen) atoms. The molecule has 6 heteroatoms. The zero-order valence-electron chi connectivity index (χ0n) is 15.5. The molecule has 0 saturated carbocycles. The molecule has 6 nitrogen and oxygen atoms in total. The number of aromatic nitrogens is 5. The van der Waals surface area contributed by atoms with Gasteiger partial charge in [0.1, 0.15) is 0 Å². The Morgan fingerprint density at radius 3 is 2.59 bits per heavy atom. The van der Waals surface area contributed by atoms with Gasteiger partial charge in [-0.1, -0.05) is 17.3 Å². The highest BCUT2D eigenvalue weighted by molar-refractivity contribution is 5.80. The van der Waals surface area contributed by atoms with Crippen LogP contribution in [0.3, 0.4) is 0 Å². The molecule has 0 bridgehead atoms. The molecule has 0 aliphatic carbocycles. The highest BCUT2D eigenvalue weighted by Gasteiger charge is 2.14. The lowest BCUT2D eigenvalue weighted by atomic mass is 10.2. The molecular weight excluding hydrogens is 336 g/mol. The van der Waals surface area contributed by atoms with Gasteiger partial charge in [-0.15, -0.1) is 5.10 Å². The van der Waals surface area contributed by atoms with E-state index in [1.165, 1.54) is 0 Å². The zero-order valence-corrected chi connectivity index (χ0v) is 15.5. The first-order valence-corrected chi connectivity index (χ1v) is 9.09. The van der Waals surface area contributed by atoms with Crippen LogP contribution >= 0.6 is 0 Å². The first-order chi connectivity index (χ1) is 13.2. The molecule has 0 amide bonds. The van der Waals surface area contributed by atoms with Crippen molar-refractivity contribution in [1.29, 1.82) is 0 Å². The van der Waals surface area contributed by atoms with E-state index in [2.05, 4.69) is 57.2 Å². The summed E-state index contributed by atoms with van der Waals surface area (Å²) < 4.78 is 1.82. The fourth-order valence-corrected chi connectivity index (χ4v) is 3.03. The molecule has 0 saturated heterocycles. The number of pyridine rings is 2. The first kappa shape index (κ1) is 17.3. The molecule has 3 aromatic heterocycles. The van der Waals surface area contributed by atoms with Crippen molar-refractivity contribution >= 4 is 10.9 Å². The Hall–Kier alpha value is -3.12. The summed E-state index contributed by atoms with van der Waals surface area (Å²) in [4.78, 5) is 11.1. The molecule has 0 atom stereocenters. The molecule has 0 aliphatic heterocycles. The molecule has 4 aromatic rings. The van der Waals surface area contributed by atoms with Crippen molar-refractivity contribution in [3.8, 4) is 5.69 Å². The monoisotopic (exact) mass is 358 g/mol. The lowest BCUT2D eigenvalue weighted by molar-refractivity contribution is 0.198. The van der Waals surface area contributed by atoms with Crippen molar-refractivity contribution in [2.45, 2.75) is 33.0 Å². The van der Waals surface area contributed by atoms with Gasteiger partial charge in [0.05, 0.1) is 28.8 Å². The topological polar surface area (TPSA) is 59.7 Å². The van der Waals surface area contributed by atoms with E-state index in [0.29, 0.717) is 6.04 Å². The van der Waals surface area contributed by atoms with Crippen LogP contribution in [-0.2, 0) is 13.1 Å². The Kier molecular flexibility index (Phi) is 4.89. The Morgan fingerprint density at radius 2 is 1.78 bits per heavy atom. The largest absolute Gasteiger partial charge is 0.289 e. The van der Waals surface area contributed by atoms with Crippen molar-refractivity contribution in [3.63, 3.8) is 0 Å². The molecule has 3 heterocycles. The second kappa shape index (κ2) is 7.63. The molecule has 1 aromatic carbocycles. The van der Waals surface area contributed by atoms with Gasteiger partial charge in [0.2, 0.25) is 0 Å². The Balaban J connectivity index is 1.53. The van der Waals surface area contributed by atoms with E-state index in [-0.39, 0.29) is 0 Å². The predicted octanol–water partition coefficient (Wildman–Crippen LogP) is 3.62. The van der Waals surface area contributed by atoms with Gasteiger partial charge in [-0.05, 0) is 50.2 Å². The third-order valence-corrected chi connectivity index (χ3v) is 4.58. The van der Waals surface area contributed by atoms with Crippen LogP contribution in [0.4, 0.5) is 0 Å². The van der Waals surface area contributed by atoms with Crippen LogP contribution in [0.25, 0.3) is 16.6 Å². The lowest BCUT2D eigenvalue weighted by Crippen LogP contribution is -2.30. The van der Waals surface area contributed by atoms with Gasteiger partial charge >= 0.3 is 0 Å². The number of rotatable bonds is 6. The van der Waals surface area contributed by atoms with E-state index in [4.69, 9.17) is 0 Å². The fraction of sp³-hybridized carbons (Fsp3) is 0.238. The Labute approximate surface area is 158 Å². The third-order valence-electron chi connectivity index (χ3n) is 4.58. The van der Waals surface area contributed by atoms with Crippen LogP contribution in [-0.4, -0.2) is 35.9 Å².